The molecule has 1 aliphatic heterocycles. The Morgan fingerprint density at radius 2 is 1.73 bits per heavy atom. The van der Waals surface area contributed by atoms with Crippen molar-refractivity contribution in [2.45, 2.75) is 44.2 Å². The molecule has 0 amide bonds. The summed E-state index contributed by atoms with van der Waals surface area (Å²) in [6.07, 6.45) is 3.81. The molecule has 26 heavy (non-hydrogen) atoms. The van der Waals surface area contributed by atoms with E-state index in [9.17, 15) is 0 Å². The zero-order chi connectivity index (χ0) is 17.8. The number of rotatable bonds is 7. The minimum Gasteiger partial charge on any atom is -0.492 e. The van der Waals surface area contributed by atoms with Crippen molar-refractivity contribution in [3.8, 4) is 5.75 Å². The number of hydrogen-bond acceptors (Lipinski definition) is 3. The van der Waals surface area contributed by atoms with E-state index in [1.165, 1.54) is 43.5 Å². The van der Waals surface area contributed by atoms with Gasteiger partial charge < -0.3 is 10.1 Å². The molecule has 0 radical (unpaired) electrons. The summed E-state index contributed by atoms with van der Waals surface area (Å²) < 4.78 is 5.87. The summed E-state index contributed by atoms with van der Waals surface area (Å²) in [4.78, 5) is 2.54. The number of ether oxygens (including phenoxy) is 1. The van der Waals surface area contributed by atoms with Gasteiger partial charge >= 0.3 is 0 Å². The third kappa shape index (κ3) is 4.66. The molecule has 3 heteroatoms. The Morgan fingerprint density at radius 3 is 2.46 bits per heavy atom. The number of hydrogen-bond donors (Lipinski definition) is 1. The molecule has 2 atom stereocenters. The van der Waals surface area contributed by atoms with E-state index in [1.54, 1.807) is 0 Å². The lowest BCUT2D eigenvalue weighted by Gasteiger charge is -2.32. The topological polar surface area (TPSA) is 24.5 Å². The van der Waals surface area contributed by atoms with Crippen LogP contribution in [0.3, 0.4) is 0 Å². The van der Waals surface area contributed by atoms with Crippen LogP contribution < -0.4 is 10.1 Å². The van der Waals surface area contributed by atoms with E-state index in [4.69, 9.17) is 4.74 Å². The van der Waals surface area contributed by atoms with Gasteiger partial charge in [-0.2, -0.15) is 0 Å². The predicted octanol–water partition coefficient (Wildman–Crippen LogP) is 3.98. The highest BCUT2D eigenvalue weighted by molar-refractivity contribution is 5.28. The number of aryl methyl sites for hydroxylation is 1. The van der Waals surface area contributed by atoms with Gasteiger partial charge in [0.15, 0.2) is 0 Å². The van der Waals surface area contributed by atoms with Gasteiger partial charge in [0.05, 0.1) is 0 Å². The third-order valence-electron chi connectivity index (χ3n) is 5.75. The molecule has 0 aromatic heterocycles. The molecule has 1 heterocycles. The Kier molecular flexibility index (Phi) is 5.57. The van der Waals surface area contributed by atoms with Gasteiger partial charge in [0, 0.05) is 24.5 Å². The second kappa shape index (κ2) is 8.24. The smallest absolute Gasteiger partial charge is 0.119 e. The molecule has 138 valence electrons. The summed E-state index contributed by atoms with van der Waals surface area (Å²) in [5.41, 5.74) is 2.77. The Bertz CT molecular complexity index is 677. The zero-order valence-corrected chi connectivity index (χ0v) is 15.7. The van der Waals surface area contributed by atoms with Crippen LogP contribution >= 0.6 is 0 Å². The van der Waals surface area contributed by atoms with Gasteiger partial charge in [0.2, 0.25) is 0 Å². The fourth-order valence-electron chi connectivity index (χ4n) is 4.00. The van der Waals surface area contributed by atoms with Crippen molar-refractivity contribution < 1.29 is 4.74 Å². The predicted molar refractivity (Wildman–Crippen MR) is 107 cm³/mol. The van der Waals surface area contributed by atoms with Gasteiger partial charge in [0.25, 0.3) is 0 Å². The molecule has 0 bridgehead atoms. The fourth-order valence-corrected chi connectivity index (χ4v) is 4.00. The molecule has 1 saturated carbocycles. The molecule has 2 aromatic rings. The molecule has 2 aromatic carbocycles. The van der Waals surface area contributed by atoms with E-state index in [0.29, 0.717) is 12.1 Å². The van der Waals surface area contributed by atoms with Gasteiger partial charge in [-0.15, -0.1) is 0 Å². The first-order valence-electron chi connectivity index (χ1n) is 10.0. The average molecular weight is 351 g/mol. The zero-order valence-electron chi connectivity index (χ0n) is 15.7. The van der Waals surface area contributed by atoms with Crippen LogP contribution in [0.5, 0.6) is 5.75 Å². The van der Waals surface area contributed by atoms with Crippen LogP contribution in [-0.4, -0.2) is 43.2 Å². The standard InChI is InChI=1S/C23H30N2O/c1-18-7-9-21(10-8-18)26-16-15-25-13-11-20(12-14-25)24-23-17-22(23)19-5-3-2-4-6-19/h2-10,20,22-24H,11-17H2,1H3/t22?,23-/m1/s1. The van der Waals surface area contributed by atoms with Crippen LogP contribution in [0, 0.1) is 6.92 Å². The quantitative estimate of drug-likeness (QED) is 0.817. The van der Waals surface area contributed by atoms with Crippen molar-refractivity contribution in [2.24, 2.45) is 0 Å². The highest BCUT2D eigenvalue weighted by Crippen LogP contribution is 2.41. The molecule has 0 spiro atoms. The second-order valence-corrected chi connectivity index (χ2v) is 7.80. The first-order valence-corrected chi connectivity index (χ1v) is 10.0. The van der Waals surface area contributed by atoms with Crippen molar-refractivity contribution in [2.75, 3.05) is 26.2 Å². The minimum atomic E-state index is 0.683. The van der Waals surface area contributed by atoms with Crippen LogP contribution in [-0.2, 0) is 0 Å². The van der Waals surface area contributed by atoms with Crippen LogP contribution in [0.4, 0.5) is 0 Å². The number of benzene rings is 2. The van der Waals surface area contributed by atoms with E-state index in [-0.39, 0.29) is 0 Å². The average Bonchev–Trinajstić information content (AvgIpc) is 3.45. The van der Waals surface area contributed by atoms with Crippen molar-refractivity contribution in [1.82, 2.24) is 10.2 Å². The molecule has 1 unspecified atom stereocenters. The van der Waals surface area contributed by atoms with Gasteiger partial charge in [-0.1, -0.05) is 48.0 Å². The summed E-state index contributed by atoms with van der Waals surface area (Å²) >= 11 is 0. The SMILES string of the molecule is Cc1ccc(OCCN2CCC(N[C@@H]3CC3c3ccccc3)CC2)cc1. The third-order valence-corrected chi connectivity index (χ3v) is 5.75. The number of nitrogens with zero attached hydrogens (tertiary/aromatic N) is 1. The second-order valence-electron chi connectivity index (χ2n) is 7.80. The van der Waals surface area contributed by atoms with E-state index < -0.39 is 0 Å². The van der Waals surface area contributed by atoms with E-state index >= 15 is 0 Å². The summed E-state index contributed by atoms with van der Waals surface area (Å²) in [5.74, 6) is 1.71. The van der Waals surface area contributed by atoms with E-state index in [1.807, 2.05) is 0 Å². The lowest BCUT2D eigenvalue weighted by atomic mass is 10.0. The highest BCUT2D eigenvalue weighted by Gasteiger charge is 2.39. The van der Waals surface area contributed by atoms with Crippen LogP contribution in [0.15, 0.2) is 54.6 Å². The maximum absolute atomic E-state index is 5.87. The molecule has 1 N–H and O–H groups in total. The number of likely N-dealkylation sites (tertiary alicyclic amines) is 1. The molecule has 1 saturated heterocycles. The maximum Gasteiger partial charge on any atom is 0.119 e. The first kappa shape index (κ1) is 17.6. The monoisotopic (exact) mass is 350 g/mol. The summed E-state index contributed by atoms with van der Waals surface area (Å²) in [6, 6.07) is 20.7. The summed E-state index contributed by atoms with van der Waals surface area (Å²) in [5, 5.41) is 3.89. The van der Waals surface area contributed by atoms with Gasteiger partial charge in [-0.25, -0.2) is 0 Å². The molecule has 1 aliphatic carbocycles. The first-order chi connectivity index (χ1) is 12.8. The Balaban J connectivity index is 1.13. The van der Waals surface area contributed by atoms with Crippen molar-refractivity contribution in [3.63, 3.8) is 0 Å². The van der Waals surface area contributed by atoms with Gasteiger partial charge in [0.1, 0.15) is 12.4 Å². The minimum absolute atomic E-state index is 0.683. The Morgan fingerprint density at radius 1 is 1.00 bits per heavy atom. The number of piperidine rings is 1. The van der Waals surface area contributed by atoms with Crippen LogP contribution in [0.2, 0.25) is 0 Å². The Labute approximate surface area is 157 Å². The summed E-state index contributed by atoms with van der Waals surface area (Å²) in [6.45, 7) is 6.26. The molecule has 3 nitrogen and oxygen atoms in total. The maximum atomic E-state index is 5.87. The van der Waals surface area contributed by atoms with Crippen LogP contribution in [0.25, 0.3) is 0 Å². The van der Waals surface area contributed by atoms with Crippen molar-refractivity contribution in [3.05, 3.63) is 65.7 Å². The molecular weight excluding hydrogens is 320 g/mol. The number of nitrogens with one attached hydrogen (secondary N) is 1. The highest BCUT2D eigenvalue weighted by atomic mass is 16.5. The van der Waals surface area contributed by atoms with Crippen molar-refractivity contribution >= 4 is 0 Å². The molecular formula is C23H30N2O. The normalized spacial score (nSPS) is 23.7. The van der Waals surface area contributed by atoms with Gasteiger partial charge in [-0.3, -0.25) is 4.90 Å². The van der Waals surface area contributed by atoms with Crippen LogP contribution in [0.1, 0.15) is 36.3 Å². The summed E-state index contributed by atoms with van der Waals surface area (Å²) in [7, 11) is 0. The lowest BCUT2D eigenvalue weighted by Crippen LogP contribution is -2.44. The fraction of sp³-hybridized carbons (Fsp3) is 0.478. The van der Waals surface area contributed by atoms with Crippen molar-refractivity contribution in [1.29, 1.82) is 0 Å². The largest absolute Gasteiger partial charge is 0.492 e. The molecule has 4 rings (SSSR count). The Hall–Kier alpha value is -1.84. The molecule has 2 aliphatic rings. The van der Waals surface area contributed by atoms with E-state index in [2.05, 4.69) is 71.7 Å². The van der Waals surface area contributed by atoms with Gasteiger partial charge in [-0.05, 0) is 57.0 Å². The lowest BCUT2D eigenvalue weighted by molar-refractivity contribution is 0.164. The molecule has 2 fully saturated rings. The van der Waals surface area contributed by atoms with E-state index in [0.717, 1.165) is 24.8 Å².